The van der Waals surface area contributed by atoms with Crippen LogP contribution in [-0.4, -0.2) is 154 Å². The maximum Gasteiger partial charge on any atom is 0.326 e. The van der Waals surface area contributed by atoms with Crippen LogP contribution < -0.4 is 60.2 Å². The monoisotopic (exact) mass is 1070 g/mol. The maximum atomic E-state index is 14.4. The minimum Gasteiger partial charge on any atom is -0.480 e. The predicted octanol–water partition coefficient (Wildman–Crippen LogP) is -1.87. The van der Waals surface area contributed by atoms with E-state index in [1.807, 2.05) is 27.7 Å². The van der Waals surface area contributed by atoms with Crippen molar-refractivity contribution in [1.29, 1.82) is 0 Å². The summed E-state index contributed by atoms with van der Waals surface area (Å²) in [5.74, 6) is -9.72. The number of primary amides is 1. The van der Waals surface area contributed by atoms with Gasteiger partial charge in [0, 0.05) is 25.9 Å². The lowest BCUT2D eigenvalue weighted by Gasteiger charge is -2.33. The van der Waals surface area contributed by atoms with E-state index in [0.29, 0.717) is 18.4 Å². The normalized spacial score (nSPS) is 16.9. The number of guanidine groups is 1. The minimum atomic E-state index is -1.73. The van der Waals surface area contributed by atoms with Crippen LogP contribution in [0.1, 0.15) is 119 Å². The summed E-state index contributed by atoms with van der Waals surface area (Å²) in [7, 11) is 0. The number of aliphatic hydroxyl groups is 1. The van der Waals surface area contributed by atoms with Gasteiger partial charge in [0.15, 0.2) is 5.96 Å². The molecule has 25 heteroatoms. The second kappa shape index (κ2) is 31.9. The molecular weight excluding hydrogens is 987 g/mol. The van der Waals surface area contributed by atoms with Crippen LogP contribution >= 0.6 is 0 Å². The molecule has 0 aliphatic carbocycles. The first-order valence-electron chi connectivity index (χ1n) is 26.0. The van der Waals surface area contributed by atoms with Crippen molar-refractivity contribution in [1.82, 2.24) is 42.1 Å². The number of hydrogen-bond acceptors (Lipinski definition) is 13. The molecule has 1 saturated heterocycles. The molecule has 0 saturated carbocycles. The number of rotatable bonds is 32. The maximum absolute atomic E-state index is 14.4. The zero-order chi connectivity index (χ0) is 57.6. The number of benzene rings is 1. The van der Waals surface area contributed by atoms with Gasteiger partial charge >= 0.3 is 5.97 Å². The Labute approximate surface area is 445 Å². The summed E-state index contributed by atoms with van der Waals surface area (Å²) in [4.78, 5) is 140. The van der Waals surface area contributed by atoms with Crippen LogP contribution in [0.25, 0.3) is 0 Å². The molecule has 10 atom stereocenters. The molecule has 76 heavy (non-hydrogen) atoms. The summed E-state index contributed by atoms with van der Waals surface area (Å²) >= 11 is 0. The highest BCUT2D eigenvalue weighted by Gasteiger charge is 2.42. The molecule has 1 fully saturated rings. The molecule has 1 aromatic carbocycles. The second-order valence-electron chi connectivity index (χ2n) is 21.0. The molecule has 0 radical (unpaired) electrons. The van der Waals surface area contributed by atoms with Crippen molar-refractivity contribution in [2.45, 2.75) is 181 Å². The number of carbonyl (C=O) groups is 10. The van der Waals surface area contributed by atoms with Crippen LogP contribution in [0.2, 0.25) is 0 Å². The van der Waals surface area contributed by atoms with Crippen molar-refractivity contribution in [2.75, 3.05) is 13.1 Å². The number of nitrogens with two attached hydrogens (primary N) is 4. The van der Waals surface area contributed by atoms with Crippen LogP contribution in [-0.2, 0) is 54.4 Å². The van der Waals surface area contributed by atoms with E-state index in [1.54, 1.807) is 58.0 Å². The van der Waals surface area contributed by atoms with E-state index in [-0.39, 0.29) is 69.4 Å². The molecule has 0 spiro atoms. The molecular formula is C51H85N13O12. The highest BCUT2D eigenvalue weighted by molar-refractivity contribution is 5.98. The largest absolute Gasteiger partial charge is 0.480 e. The third kappa shape index (κ3) is 22.1. The molecule has 2 rings (SSSR count). The number of aliphatic carboxylic acids is 1. The lowest BCUT2D eigenvalue weighted by Crippen LogP contribution is -2.62. The van der Waals surface area contributed by atoms with Gasteiger partial charge in [-0.3, -0.25) is 48.1 Å². The van der Waals surface area contributed by atoms with Crippen LogP contribution in [0.15, 0.2) is 35.3 Å². The molecule has 1 aliphatic heterocycles. The van der Waals surface area contributed by atoms with E-state index in [9.17, 15) is 58.2 Å². The number of carboxylic acid groups (broad SMARTS) is 1. The van der Waals surface area contributed by atoms with E-state index < -0.39 is 138 Å². The quantitative estimate of drug-likeness (QED) is 0.0214. The first-order valence-corrected chi connectivity index (χ1v) is 26.0. The van der Waals surface area contributed by atoms with Crippen molar-refractivity contribution in [3.05, 3.63) is 35.9 Å². The van der Waals surface area contributed by atoms with Gasteiger partial charge in [-0.05, 0) is 81.1 Å². The van der Waals surface area contributed by atoms with E-state index in [1.165, 1.54) is 11.8 Å². The van der Waals surface area contributed by atoms with E-state index >= 15 is 0 Å². The molecule has 1 heterocycles. The summed E-state index contributed by atoms with van der Waals surface area (Å²) in [5, 5.41) is 38.8. The highest BCUT2D eigenvalue weighted by Crippen LogP contribution is 2.22. The molecule has 0 aromatic heterocycles. The average molecular weight is 1070 g/mol. The molecule has 0 bridgehead atoms. The molecule has 1 aromatic rings. The van der Waals surface area contributed by atoms with E-state index in [0.717, 1.165) is 0 Å². The van der Waals surface area contributed by atoms with Gasteiger partial charge in [0.05, 0.1) is 12.1 Å². The molecule has 25 nitrogen and oxygen atoms in total. The predicted molar refractivity (Wildman–Crippen MR) is 283 cm³/mol. The molecule has 1 aliphatic rings. The lowest BCUT2D eigenvalue weighted by atomic mass is 9.98. The van der Waals surface area contributed by atoms with Crippen molar-refractivity contribution >= 4 is 65.1 Å². The van der Waals surface area contributed by atoms with E-state index in [4.69, 9.17) is 22.9 Å². The van der Waals surface area contributed by atoms with Gasteiger partial charge in [0.25, 0.3) is 0 Å². The number of aliphatic imine (C=N–C) groups is 1. The number of hydrogen-bond donors (Lipinski definition) is 13. The number of carbonyl (C=O) groups excluding carboxylic acids is 9. The van der Waals surface area contributed by atoms with Crippen LogP contribution in [0.4, 0.5) is 0 Å². The van der Waals surface area contributed by atoms with Crippen LogP contribution in [0.3, 0.4) is 0 Å². The average Bonchev–Trinajstić information content (AvgIpc) is 3.83. The Bertz CT molecular complexity index is 2170. The van der Waals surface area contributed by atoms with Crippen LogP contribution in [0.5, 0.6) is 0 Å². The van der Waals surface area contributed by atoms with Crippen molar-refractivity contribution < 1.29 is 58.2 Å². The molecule has 0 unspecified atom stereocenters. The molecule has 426 valence electrons. The smallest absolute Gasteiger partial charge is 0.326 e. The van der Waals surface area contributed by atoms with Gasteiger partial charge in [-0.1, -0.05) is 85.7 Å². The zero-order valence-corrected chi connectivity index (χ0v) is 45.4. The SMILES string of the molecule is CC(C)C[C@H](NC(=O)[C@H](CC(C)C)NC(=O)[C@@H](N)CCCN=C(N)N)C(=O)N[C@H](C(=O)N1CCC[C@H]1C(=O)N[C@H](C(=O)N[C@@H](CCC(N)=O)C(=O)N[C@@H](Cc1ccccc1)C(=O)N[C@H](C(=O)O)C(C)C)[C@@H](C)O)C(C)C. The Kier molecular flexibility index (Phi) is 27.3. The third-order valence-electron chi connectivity index (χ3n) is 12.6. The Balaban J connectivity index is 2.33. The Hall–Kier alpha value is -6.89. The first-order chi connectivity index (χ1) is 35.5. The number of nitrogens with one attached hydrogen (secondary N) is 7. The second-order valence-corrected chi connectivity index (χ2v) is 21.0. The number of aliphatic hydroxyl groups excluding tert-OH is 1. The van der Waals surface area contributed by atoms with Gasteiger partial charge in [-0.15, -0.1) is 0 Å². The summed E-state index contributed by atoms with van der Waals surface area (Å²) in [6.45, 7) is 15.5. The zero-order valence-electron chi connectivity index (χ0n) is 45.4. The Morgan fingerprint density at radius 1 is 0.632 bits per heavy atom. The lowest BCUT2D eigenvalue weighted by molar-refractivity contribution is -0.144. The first kappa shape index (κ1) is 65.2. The van der Waals surface area contributed by atoms with Gasteiger partial charge in [0.2, 0.25) is 53.2 Å². The number of amides is 9. The minimum absolute atomic E-state index is 0.0566. The van der Waals surface area contributed by atoms with Crippen molar-refractivity contribution in [2.24, 2.45) is 51.6 Å². The van der Waals surface area contributed by atoms with Crippen molar-refractivity contribution in [3.8, 4) is 0 Å². The topological polar surface area (TPSA) is 415 Å². The summed E-state index contributed by atoms with van der Waals surface area (Å²) < 4.78 is 0. The number of carboxylic acids is 1. The Morgan fingerprint density at radius 3 is 1.64 bits per heavy atom. The van der Waals surface area contributed by atoms with Gasteiger partial charge in [-0.2, -0.15) is 0 Å². The van der Waals surface area contributed by atoms with E-state index in [2.05, 4.69) is 42.2 Å². The summed E-state index contributed by atoms with van der Waals surface area (Å²) in [5.41, 5.74) is 22.9. The van der Waals surface area contributed by atoms with Gasteiger partial charge < -0.3 is 75.3 Å². The van der Waals surface area contributed by atoms with Gasteiger partial charge in [0.1, 0.15) is 48.3 Å². The van der Waals surface area contributed by atoms with Crippen molar-refractivity contribution in [3.63, 3.8) is 0 Å². The third-order valence-corrected chi connectivity index (χ3v) is 12.6. The van der Waals surface area contributed by atoms with Crippen LogP contribution in [0, 0.1) is 23.7 Å². The standard InChI is InChI=1S/C51H85N13O12/c1-26(2)23-34(58-42(67)32(52)17-13-21-56-51(54)55)44(69)59-35(24-27(3)4)45(70)61-39(28(5)6)49(74)64-22-14-18-37(64)47(72)63-41(30(9)65)48(73)57-33(19-20-38(53)66)43(68)60-36(25-31-15-11-10-12-16-31)46(71)62-40(29(7)8)50(75)76/h10-12,15-16,26-30,32-37,39-41,65H,13-14,17-25,52H2,1-9H3,(H2,53,66)(H,57,73)(H,58,67)(H,59,69)(H,60,68)(H,61,70)(H,62,71)(H,63,72)(H,75,76)(H4,54,55,56)/t30-,32+,33+,34+,35+,36+,37+,39+,40+,41+/m1/s1. The summed E-state index contributed by atoms with van der Waals surface area (Å²) in [6.07, 6.45) is -0.979. The number of likely N-dealkylation sites (tertiary alicyclic amines) is 1. The fraction of sp³-hybridized carbons (Fsp3) is 0.667. The number of nitrogens with zero attached hydrogens (tertiary/aromatic N) is 2. The highest BCUT2D eigenvalue weighted by atomic mass is 16.4. The Morgan fingerprint density at radius 2 is 1.13 bits per heavy atom. The fourth-order valence-corrected chi connectivity index (χ4v) is 8.43. The fourth-order valence-electron chi connectivity index (χ4n) is 8.43. The summed E-state index contributed by atoms with van der Waals surface area (Å²) in [6, 6.07) is -3.03. The molecule has 9 amide bonds. The van der Waals surface area contributed by atoms with Gasteiger partial charge in [-0.25, -0.2) is 4.79 Å². The molecule has 17 N–H and O–H groups in total.